The van der Waals surface area contributed by atoms with Crippen molar-refractivity contribution in [3.8, 4) is 5.75 Å². The summed E-state index contributed by atoms with van der Waals surface area (Å²) in [6.45, 7) is 3.94. The molecule has 3 aromatic rings. The molecule has 0 saturated heterocycles. The van der Waals surface area contributed by atoms with E-state index >= 15 is 0 Å². The van der Waals surface area contributed by atoms with Crippen LogP contribution >= 0.6 is 0 Å². The van der Waals surface area contributed by atoms with Gasteiger partial charge in [0.15, 0.2) is 0 Å². The zero-order valence-electron chi connectivity index (χ0n) is 17.5. The second-order valence-electron chi connectivity index (χ2n) is 6.77. The quantitative estimate of drug-likeness (QED) is 0.482. The lowest BCUT2D eigenvalue weighted by Gasteiger charge is -2.10. The van der Waals surface area contributed by atoms with Crippen LogP contribution in [0.3, 0.4) is 0 Å². The summed E-state index contributed by atoms with van der Waals surface area (Å²) in [5.41, 5.74) is 2.65. The molecule has 0 heterocycles. The molecule has 3 rings (SSSR count). The number of benzene rings is 3. The molecule has 2 N–H and O–H groups in total. The smallest absolute Gasteiger partial charge is 0.255 e. The lowest BCUT2D eigenvalue weighted by Crippen LogP contribution is -2.22. The lowest BCUT2D eigenvalue weighted by atomic mass is 10.1. The molecule has 160 valence electrons. The molecular formula is C25H26N2O4. The number of amides is 2. The molecule has 0 fully saturated rings. The maximum absolute atomic E-state index is 12.6. The van der Waals surface area contributed by atoms with Crippen molar-refractivity contribution in [1.29, 1.82) is 0 Å². The first kappa shape index (κ1) is 22.1. The Morgan fingerprint density at radius 2 is 1.58 bits per heavy atom. The van der Waals surface area contributed by atoms with Gasteiger partial charge in [0.25, 0.3) is 11.8 Å². The second-order valence-corrected chi connectivity index (χ2v) is 6.77. The van der Waals surface area contributed by atoms with Crippen LogP contribution in [0.2, 0.25) is 0 Å². The van der Waals surface area contributed by atoms with E-state index in [1.165, 1.54) is 0 Å². The van der Waals surface area contributed by atoms with Crippen LogP contribution in [-0.4, -0.2) is 31.6 Å². The van der Waals surface area contributed by atoms with Gasteiger partial charge in [-0.3, -0.25) is 9.59 Å². The summed E-state index contributed by atoms with van der Waals surface area (Å²) in [7, 11) is 0. The normalized spacial score (nSPS) is 10.4. The Hall–Kier alpha value is -3.64. The summed E-state index contributed by atoms with van der Waals surface area (Å²) in [5, 5.41) is 5.72. The van der Waals surface area contributed by atoms with Crippen LogP contribution in [0, 0.1) is 0 Å². The summed E-state index contributed by atoms with van der Waals surface area (Å²) in [6, 6.07) is 23.5. The average molecular weight is 418 g/mol. The Morgan fingerprint density at radius 3 is 2.32 bits per heavy atom. The highest BCUT2D eigenvalue weighted by Crippen LogP contribution is 2.16. The van der Waals surface area contributed by atoms with Crippen molar-refractivity contribution in [2.24, 2.45) is 0 Å². The summed E-state index contributed by atoms with van der Waals surface area (Å²) in [6.07, 6.45) is 0. The predicted octanol–water partition coefficient (Wildman–Crippen LogP) is 4.28. The number of ether oxygens (including phenoxy) is 2. The highest BCUT2D eigenvalue weighted by atomic mass is 16.5. The Balaban J connectivity index is 1.53. The number of anilines is 1. The molecule has 0 unspecified atom stereocenters. The van der Waals surface area contributed by atoms with Crippen molar-refractivity contribution in [1.82, 2.24) is 5.32 Å². The molecule has 0 aromatic heterocycles. The molecule has 2 amide bonds. The Kier molecular flexibility index (Phi) is 8.20. The molecule has 0 saturated carbocycles. The number of rotatable bonds is 10. The first-order valence-corrected chi connectivity index (χ1v) is 10.2. The van der Waals surface area contributed by atoms with E-state index in [4.69, 9.17) is 9.47 Å². The monoisotopic (exact) mass is 418 g/mol. The minimum absolute atomic E-state index is 0.168. The predicted molar refractivity (Wildman–Crippen MR) is 120 cm³/mol. The number of carbonyl (C=O) groups is 2. The first-order valence-electron chi connectivity index (χ1n) is 10.2. The van der Waals surface area contributed by atoms with E-state index in [-0.39, 0.29) is 11.8 Å². The number of hydrogen-bond donors (Lipinski definition) is 2. The van der Waals surface area contributed by atoms with E-state index in [1.54, 1.807) is 48.5 Å². The third-order valence-electron chi connectivity index (χ3n) is 4.50. The highest BCUT2D eigenvalue weighted by Gasteiger charge is 2.09. The largest absolute Gasteiger partial charge is 0.491 e. The summed E-state index contributed by atoms with van der Waals surface area (Å²) in [5.74, 6) is 0.188. The molecule has 0 atom stereocenters. The molecule has 6 heteroatoms. The number of hydrogen-bond acceptors (Lipinski definition) is 4. The number of nitrogens with one attached hydrogen (secondary N) is 2. The van der Waals surface area contributed by atoms with Crippen LogP contribution in [0.25, 0.3) is 0 Å². The SMILES string of the molecule is CCOCCOc1cccc(C(=O)Nc2ccc(C(=O)NCc3ccccc3)cc2)c1. The fourth-order valence-electron chi connectivity index (χ4n) is 2.88. The Bertz CT molecular complexity index is 988. The van der Waals surface area contributed by atoms with Gasteiger partial charge in [-0.05, 0) is 55.0 Å². The van der Waals surface area contributed by atoms with Crippen LogP contribution in [0.15, 0.2) is 78.9 Å². The zero-order chi connectivity index (χ0) is 21.9. The molecule has 0 aliphatic rings. The summed E-state index contributed by atoms with van der Waals surface area (Å²) >= 11 is 0. The molecule has 0 bridgehead atoms. The minimum atomic E-state index is -0.253. The fourth-order valence-corrected chi connectivity index (χ4v) is 2.88. The van der Waals surface area contributed by atoms with Gasteiger partial charge in [-0.25, -0.2) is 0 Å². The molecule has 0 radical (unpaired) electrons. The van der Waals surface area contributed by atoms with Crippen molar-refractivity contribution in [2.75, 3.05) is 25.1 Å². The van der Waals surface area contributed by atoms with Crippen LogP contribution in [0.4, 0.5) is 5.69 Å². The third-order valence-corrected chi connectivity index (χ3v) is 4.50. The average Bonchev–Trinajstić information content (AvgIpc) is 2.81. The van der Waals surface area contributed by atoms with Gasteiger partial charge in [0.2, 0.25) is 0 Å². The van der Waals surface area contributed by atoms with Crippen molar-refractivity contribution in [3.05, 3.63) is 95.6 Å². The van der Waals surface area contributed by atoms with Crippen LogP contribution in [-0.2, 0) is 11.3 Å². The first-order chi connectivity index (χ1) is 15.2. The van der Waals surface area contributed by atoms with E-state index in [9.17, 15) is 9.59 Å². The minimum Gasteiger partial charge on any atom is -0.491 e. The maximum atomic E-state index is 12.6. The molecule has 0 spiro atoms. The lowest BCUT2D eigenvalue weighted by molar-refractivity contribution is 0.0950. The van der Waals surface area contributed by atoms with Crippen molar-refractivity contribution in [3.63, 3.8) is 0 Å². The molecule has 0 aliphatic heterocycles. The van der Waals surface area contributed by atoms with Crippen LogP contribution in [0.5, 0.6) is 5.75 Å². The molecule has 3 aromatic carbocycles. The van der Waals surface area contributed by atoms with Gasteiger partial charge in [0.05, 0.1) is 6.61 Å². The van der Waals surface area contributed by atoms with Gasteiger partial charge in [-0.15, -0.1) is 0 Å². The number of carbonyl (C=O) groups excluding carboxylic acids is 2. The third kappa shape index (κ3) is 6.97. The second kappa shape index (κ2) is 11.5. The van der Waals surface area contributed by atoms with Crippen molar-refractivity contribution in [2.45, 2.75) is 13.5 Å². The topological polar surface area (TPSA) is 76.7 Å². The maximum Gasteiger partial charge on any atom is 0.255 e. The molecule has 6 nitrogen and oxygen atoms in total. The van der Waals surface area contributed by atoms with Gasteiger partial charge in [-0.2, -0.15) is 0 Å². The van der Waals surface area contributed by atoms with E-state index in [1.807, 2.05) is 37.3 Å². The Labute approximate surface area is 182 Å². The van der Waals surface area contributed by atoms with Crippen molar-refractivity contribution < 1.29 is 19.1 Å². The van der Waals surface area contributed by atoms with Gasteiger partial charge in [-0.1, -0.05) is 36.4 Å². The van der Waals surface area contributed by atoms with E-state index in [0.717, 1.165) is 5.56 Å². The van der Waals surface area contributed by atoms with Crippen LogP contribution in [0.1, 0.15) is 33.2 Å². The molecular weight excluding hydrogens is 392 g/mol. The van der Waals surface area contributed by atoms with Gasteiger partial charge < -0.3 is 20.1 Å². The molecule has 0 aliphatic carbocycles. The molecule has 31 heavy (non-hydrogen) atoms. The van der Waals surface area contributed by atoms with E-state index < -0.39 is 0 Å². The van der Waals surface area contributed by atoms with Crippen molar-refractivity contribution >= 4 is 17.5 Å². The zero-order valence-corrected chi connectivity index (χ0v) is 17.5. The van der Waals surface area contributed by atoms with Gasteiger partial charge in [0.1, 0.15) is 12.4 Å². The summed E-state index contributed by atoms with van der Waals surface area (Å²) in [4.78, 5) is 24.9. The fraction of sp³-hybridized carbons (Fsp3) is 0.200. The standard InChI is InChI=1S/C25H26N2O4/c1-2-30-15-16-31-23-10-6-9-21(17-23)25(29)27-22-13-11-20(12-14-22)24(28)26-18-19-7-4-3-5-8-19/h3-14,17H,2,15-16,18H2,1H3,(H,26,28)(H,27,29). The van der Waals surface area contributed by atoms with E-state index in [2.05, 4.69) is 10.6 Å². The van der Waals surface area contributed by atoms with E-state index in [0.29, 0.717) is 48.9 Å². The van der Waals surface area contributed by atoms with Gasteiger partial charge >= 0.3 is 0 Å². The van der Waals surface area contributed by atoms with Crippen LogP contribution < -0.4 is 15.4 Å². The highest BCUT2D eigenvalue weighted by molar-refractivity contribution is 6.04. The van der Waals surface area contributed by atoms with Gasteiger partial charge in [0, 0.05) is 30.0 Å². The summed E-state index contributed by atoms with van der Waals surface area (Å²) < 4.78 is 10.8. The Morgan fingerprint density at radius 1 is 0.806 bits per heavy atom.